The summed E-state index contributed by atoms with van der Waals surface area (Å²) >= 11 is 0. The molecular formula is C17H28Cl2N2O3. The van der Waals surface area contributed by atoms with Crippen LogP contribution in [0.3, 0.4) is 0 Å². The van der Waals surface area contributed by atoms with E-state index in [0.717, 1.165) is 49.3 Å². The number of halogens is 2. The Labute approximate surface area is 156 Å². The van der Waals surface area contributed by atoms with Crippen molar-refractivity contribution in [2.24, 2.45) is 5.92 Å². The lowest BCUT2D eigenvalue weighted by Crippen LogP contribution is -2.45. The zero-order valence-electron chi connectivity index (χ0n) is 14.5. The molecule has 5 nitrogen and oxygen atoms in total. The molecule has 1 aromatic carbocycles. The SMILES string of the molecule is COc1cc(OC)c([C@H](C2CC2)N2CCNCC2)cc1OC.Cl.Cl. The molecule has 1 N–H and O–H groups in total. The van der Waals surface area contributed by atoms with Crippen molar-refractivity contribution >= 4 is 24.8 Å². The smallest absolute Gasteiger partial charge is 0.164 e. The van der Waals surface area contributed by atoms with Gasteiger partial charge in [-0.15, -0.1) is 24.8 Å². The number of ether oxygens (including phenoxy) is 3. The first kappa shape index (κ1) is 21.2. The molecule has 0 amide bonds. The van der Waals surface area contributed by atoms with Gasteiger partial charge in [-0.05, 0) is 24.8 Å². The van der Waals surface area contributed by atoms with Crippen molar-refractivity contribution in [2.75, 3.05) is 47.5 Å². The fourth-order valence-corrected chi connectivity index (χ4v) is 3.41. The number of rotatable bonds is 6. The predicted octanol–water partition coefficient (Wildman–Crippen LogP) is 2.91. The molecule has 7 heteroatoms. The number of nitrogens with zero attached hydrogens (tertiary/aromatic N) is 1. The van der Waals surface area contributed by atoms with Gasteiger partial charge in [0.05, 0.1) is 21.3 Å². The fraction of sp³-hybridized carbons (Fsp3) is 0.647. The van der Waals surface area contributed by atoms with Gasteiger partial charge in [-0.25, -0.2) is 0 Å². The van der Waals surface area contributed by atoms with Gasteiger partial charge in [0.1, 0.15) is 5.75 Å². The number of hydrogen-bond donors (Lipinski definition) is 1. The van der Waals surface area contributed by atoms with E-state index >= 15 is 0 Å². The summed E-state index contributed by atoms with van der Waals surface area (Å²) in [5.74, 6) is 3.12. The Hall–Kier alpha value is -0.880. The van der Waals surface area contributed by atoms with Crippen LogP contribution in [-0.4, -0.2) is 52.4 Å². The molecule has 3 rings (SSSR count). The Balaban J connectivity index is 0.00000144. The first-order valence-corrected chi connectivity index (χ1v) is 8.03. The third kappa shape index (κ3) is 4.39. The Bertz CT molecular complexity index is 521. The quantitative estimate of drug-likeness (QED) is 0.824. The molecule has 2 fully saturated rings. The molecule has 1 aliphatic heterocycles. The third-order valence-corrected chi connectivity index (χ3v) is 4.67. The summed E-state index contributed by atoms with van der Waals surface area (Å²) in [5, 5.41) is 3.43. The number of benzene rings is 1. The van der Waals surface area contributed by atoms with Gasteiger partial charge in [-0.3, -0.25) is 4.90 Å². The van der Waals surface area contributed by atoms with Gasteiger partial charge in [-0.2, -0.15) is 0 Å². The summed E-state index contributed by atoms with van der Waals surface area (Å²) in [5.41, 5.74) is 1.23. The van der Waals surface area contributed by atoms with Crippen LogP contribution in [0.5, 0.6) is 17.2 Å². The lowest BCUT2D eigenvalue weighted by Gasteiger charge is -2.36. The molecule has 0 unspecified atom stereocenters. The van der Waals surface area contributed by atoms with Gasteiger partial charge >= 0.3 is 0 Å². The van der Waals surface area contributed by atoms with Crippen molar-refractivity contribution < 1.29 is 14.2 Å². The van der Waals surface area contributed by atoms with E-state index in [0.29, 0.717) is 6.04 Å². The average molecular weight is 379 g/mol. The predicted molar refractivity (Wildman–Crippen MR) is 101 cm³/mol. The monoisotopic (exact) mass is 378 g/mol. The minimum absolute atomic E-state index is 0. The summed E-state index contributed by atoms with van der Waals surface area (Å²) in [4.78, 5) is 2.58. The molecule has 1 saturated heterocycles. The molecule has 1 aliphatic carbocycles. The highest BCUT2D eigenvalue weighted by atomic mass is 35.5. The summed E-state index contributed by atoms with van der Waals surface area (Å²) in [6.45, 7) is 4.27. The minimum atomic E-state index is 0. The zero-order valence-corrected chi connectivity index (χ0v) is 16.2. The van der Waals surface area contributed by atoms with Crippen molar-refractivity contribution in [3.8, 4) is 17.2 Å². The number of piperazine rings is 1. The van der Waals surface area contributed by atoms with Gasteiger partial charge in [0.2, 0.25) is 0 Å². The molecular weight excluding hydrogens is 351 g/mol. The summed E-state index contributed by atoms with van der Waals surface area (Å²) in [7, 11) is 5.07. The molecule has 138 valence electrons. The van der Waals surface area contributed by atoms with E-state index in [4.69, 9.17) is 14.2 Å². The van der Waals surface area contributed by atoms with E-state index in [1.54, 1.807) is 21.3 Å². The van der Waals surface area contributed by atoms with Gasteiger partial charge in [0.15, 0.2) is 11.5 Å². The number of hydrogen-bond acceptors (Lipinski definition) is 5. The summed E-state index contributed by atoms with van der Waals surface area (Å²) in [6, 6.07) is 4.46. The van der Waals surface area contributed by atoms with E-state index < -0.39 is 0 Å². The Morgan fingerprint density at radius 2 is 1.46 bits per heavy atom. The first-order valence-electron chi connectivity index (χ1n) is 8.03. The van der Waals surface area contributed by atoms with Crippen molar-refractivity contribution in [1.29, 1.82) is 0 Å². The molecule has 0 spiro atoms. The van der Waals surface area contributed by atoms with Crippen LogP contribution in [0, 0.1) is 5.92 Å². The molecule has 2 aliphatic rings. The maximum Gasteiger partial charge on any atom is 0.164 e. The van der Waals surface area contributed by atoms with Crippen LogP contribution in [0.25, 0.3) is 0 Å². The van der Waals surface area contributed by atoms with Crippen LogP contribution in [0.4, 0.5) is 0 Å². The van der Waals surface area contributed by atoms with Crippen LogP contribution in [0.15, 0.2) is 12.1 Å². The fourth-order valence-electron chi connectivity index (χ4n) is 3.41. The van der Waals surface area contributed by atoms with Crippen molar-refractivity contribution in [3.05, 3.63) is 17.7 Å². The molecule has 0 bridgehead atoms. The number of methoxy groups -OCH3 is 3. The molecule has 0 radical (unpaired) electrons. The van der Waals surface area contributed by atoms with Gasteiger partial charge in [0.25, 0.3) is 0 Å². The van der Waals surface area contributed by atoms with Crippen molar-refractivity contribution in [2.45, 2.75) is 18.9 Å². The van der Waals surface area contributed by atoms with E-state index in [-0.39, 0.29) is 24.8 Å². The highest BCUT2D eigenvalue weighted by molar-refractivity contribution is 5.85. The van der Waals surface area contributed by atoms with Crippen LogP contribution in [-0.2, 0) is 0 Å². The van der Waals surface area contributed by atoms with Crippen LogP contribution in [0.2, 0.25) is 0 Å². The van der Waals surface area contributed by atoms with E-state index in [2.05, 4.69) is 16.3 Å². The maximum atomic E-state index is 5.66. The largest absolute Gasteiger partial charge is 0.496 e. The average Bonchev–Trinajstić information content (AvgIpc) is 3.40. The molecule has 0 aromatic heterocycles. The van der Waals surface area contributed by atoms with Crippen LogP contribution >= 0.6 is 24.8 Å². The van der Waals surface area contributed by atoms with Gasteiger partial charge < -0.3 is 19.5 Å². The second-order valence-corrected chi connectivity index (χ2v) is 6.02. The molecule has 1 atom stereocenters. The number of nitrogens with one attached hydrogen (secondary N) is 1. The normalized spacial score (nSPS) is 18.8. The molecule has 1 saturated carbocycles. The van der Waals surface area contributed by atoms with E-state index in [1.807, 2.05) is 6.07 Å². The van der Waals surface area contributed by atoms with Gasteiger partial charge in [0, 0.05) is 43.9 Å². The second-order valence-electron chi connectivity index (χ2n) is 6.02. The highest BCUT2D eigenvalue weighted by Crippen LogP contribution is 2.49. The van der Waals surface area contributed by atoms with E-state index in [1.165, 1.54) is 18.4 Å². The Kier molecular flexibility index (Phi) is 8.43. The van der Waals surface area contributed by atoms with E-state index in [9.17, 15) is 0 Å². The van der Waals surface area contributed by atoms with Crippen LogP contribution in [0.1, 0.15) is 24.4 Å². The van der Waals surface area contributed by atoms with Crippen LogP contribution < -0.4 is 19.5 Å². The topological polar surface area (TPSA) is 43.0 Å². The lowest BCUT2D eigenvalue weighted by atomic mass is 9.98. The van der Waals surface area contributed by atoms with Gasteiger partial charge in [-0.1, -0.05) is 0 Å². The lowest BCUT2D eigenvalue weighted by molar-refractivity contribution is 0.153. The van der Waals surface area contributed by atoms with Crippen molar-refractivity contribution in [3.63, 3.8) is 0 Å². The molecule has 1 heterocycles. The maximum absolute atomic E-state index is 5.66. The molecule has 1 aromatic rings. The third-order valence-electron chi connectivity index (χ3n) is 4.67. The second kappa shape index (κ2) is 9.56. The highest BCUT2D eigenvalue weighted by Gasteiger charge is 2.38. The summed E-state index contributed by atoms with van der Waals surface area (Å²) in [6.07, 6.45) is 2.60. The Morgan fingerprint density at radius 3 is 1.96 bits per heavy atom. The van der Waals surface area contributed by atoms with Crippen molar-refractivity contribution in [1.82, 2.24) is 10.2 Å². The Morgan fingerprint density at radius 1 is 0.917 bits per heavy atom. The molecule has 24 heavy (non-hydrogen) atoms. The zero-order chi connectivity index (χ0) is 15.5. The first-order chi connectivity index (χ1) is 10.8. The summed E-state index contributed by atoms with van der Waals surface area (Å²) < 4.78 is 16.6. The standard InChI is InChI=1S/C17H26N2O3.2ClH/c1-20-14-11-16(22-3)15(21-2)10-13(14)17(12-4-5-12)19-8-6-18-7-9-19;;/h10-12,17-18H,4-9H2,1-3H3;2*1H/t17-;;/m0../s1. The minimum Gasteiger partial charge on any atom is -0.496 e.